The van der Waals surface area contributed by atoms with Gasteiger partial charge in [0.2, 0.25) is 0 Å². The normalized spacial score (nSPS) is 27.2. The van der Waals surface area contributed by atoms with Gasteiger partial charge in [-0.25, -0.2) is 0 Å². The van der Waals surface area contributed by atoms with Crippen molar-refractivity contribution in [2.24, 2.45) is 5.41 Å². The fourth-order valence-electron chi connectivity index (χ4n) is 3.59. The van der Waals surface area contributed by atoms with Crippen LogP contribution in [0.2, 0.25) is 0 Å². The number of carbonyl (C=O) groups is 1. The second-order valence-corrected chi connectivity index (χ2v) is 6.20. The molecule has 124 valence electrons. The monoisotopic (exact) mass is 314 g/mol. The van der Waals surface area contributed by atoms with Crippen molar-refractivity contribution in [3.8, 4) is 0 Å². The van der Waals surface area contributed by atoms with Crippen LogP contribution in [0.3, 0.4) is 0 Å². The van der Waals surface area contributed by atoms with Gasteiger partial charge < -0.3 is 9.84 Å². The minimum absolute atomic E-state index is 0.292. The Balaban J connectivity index is 2.25. The van der Waals surface area contributed by atoms with Crippen LogP contribution < -0.4 is 0 Å². The van der Waals surface area contributed by atoms with E-state index in [1.807, 2.05) is 42.5 Å². The van der Waals surface area contributed by atoms with E-state index in [2.05, 4.69) is 6.58 Å². The molecular weight excluding hydrogens is 288 g/mol. The first-order valence-corrected chi connectivity index (χ1v) is 8.30. The third-order valence-electron chi connectivity index (χ3n) is 4.81. The van der Waals surface area contributed by atoms with E-state index in [0.29, 0.717) is 32.3 Å². The maximum atomic E-state index is 12.6. The molecule has 0 aliphatic heterocycles. The first-order valence-electron chi connectivity index (χ1n) is 8.30. The Morgan fingerprint density at radius 3 is 2.70 bits per heavy atom. The Morgan fingerprint density at radius 1 is 1.30 bits per heavy atom. The second kappa shape index (κ2) is 7.60. The van der Waals surface area contributed by atoms with E-state index in [-0.39, 0.29) is 5.97 Å². The lowest BCUT2D eigenvalue weighted by atomic mass is 9.70. The third-order valence-corrected chi connectivity index (χ3v) is 4.81. The van der Waals surface area contributed by atoms with Gasteiger partial charge in [0.05, 0.1) is 12.2 Å². The van der Waals surface area contributed by atoms with Gasteiger partial charge in [0, 0.05) is 0 Å². The molecule has 1 aromatic rings. The van der Waals surface area contributed by atoms with Crippen LogP contribution in [-0.2, 0) is 9.53 Å². The first kappa shape index (κ1) is 17.5. The average Bonchev–Trinajstić information content (AvgIpc) is 2.87. The molecular formula is C20H26O3. The topological polar surface area (TPSA) is 46.5 Å². The summed E-state index contributed by atoms with van der Waals surface area (Å²) in [6.45, 7) is 5.86. The molecule has 0 amide bonds. The Kier molecular flexibility index (Phi) is 5.78. The molecule has 3 heteroatoms. The van der Waals surface area contributed by atoms with Gasteiger partial charge in [-0.3, -0.25) is 4.79 Å². The van der Waals surface area contributed by atoms with Crippen molar-refractivity contribution in [3.05, 3.63) is 54.6 Å². The van der Waals surface area contributed by atoms with Crippen molar-refractivity contribution in [3.63, 3.8) is 0 Å². The SMILES string of the molecule is C=CC[C@@]1(O)CCC[C@@]1(C/C=C/c1ccccc1)C(=O)OCC. The molecule has 1 saturated carbocycles. The Morgan fingerprint density at radius 2 is 2.04 bits per heavy atom. The van der Waals surface area contributed by atoms with Crippen molar-refractivity contribution in [1.29, 1.82) is 0 Å². The molecule has 1 N–H and O–H groups in total. The highest BCUT2D eigenvalue weighted by atomic mass is 16.5. The van der Waals surface area contributed by atoms with Crippen LogP contribution in [0.1, 0.15) is 44.6 Å². The van der Waals surface area contributed by atoms with Crippen LogP contribution in [0.15, 0.2) is 49.1 Å². The highest BCUT2D eigenvalue weighted by Crippen LogP contribution is 2.52. The van der Waals surface area contributed by atoms with Gasteiger partial charge in [-0.05, 0) is 44.6 Å². The predicted molar refractivity (Wildman–Crippen MR) is 92.8 cm³/mol. The van der Waals surface area contributed by atoms with E-state index in [1.165, 1.54) is 0 Å². The van der Waals surface area contributed by atoms with Crippen LogP contribution in [0.4, 0.5) is 0 Å². The molecule has 1 aromatic carbocycles. The van der Waals surface area contributed by atoms with E-state index < -0.39 is 11.0 Å². The molecule has 1 aliphatic carbocycles. The van der Waals surface area contributed by atoms with E-state index in [4.69, 9.17) is 4.74 Å². The summed E-state index contributed by atoms with van der Waals surface area (Å²) < 4.78 is 5.31. The number of carbonyl (C=O) groups excluding carboxylic acids is 1. The Labute approximate surface area is 138 Å². The summed E-state index contributed by atoms with van der Waals surface area (Å²) in [5.74, 6) is -0.292. The van der Waals surface area contributed by atoms with E-state index in [9.17, 15) is 9.90 Å². The molecule has 1 fully saturated rings. The summed E-state index contributed by atoms with van der Waals surface area (Å²) in [6.07, 6.45) is 8.63. The van der Waals surface area contributed by atoms with Crippen LogP contribution >= 0.6 is 0 Å². The zero-order valence-corrected chi connectivity index (χ0v) is 13.8. The number of esters is 1. The summed E-state index contributed by atoms with van der Waals surface area (Å²) in [5.41, 5.74) is -0.860. The van der Waals surface area contributed by atoms with E-state index >= 15 is 0 Å². The molecule has 0 bridgehead atoms. The lowest BCUT2D eigenvalue weighted by Crippen LogP contribution is -2.49. The molecule has 0 spiro atoms. The summed E-state index contributed by atoms with van der Waals surface area (Å²) in [4.78, 5) is 12.6. The van der Waals surface area contributed by atoms with Crippen LogP contribution in [0.25, 0.3) is 6.08 Å². The summed E-state index contributed by atoms with van der Waals surface area (Å²) >= 11 is 0. The molecule has 0 aromatic heterocycles. The molecule has 0 unspecified atom stereocenters. The van der Waals surface area contributed by atoms with Gasteiger partial charge in [-0.2, -0.15) is 0 Å². The highest BCUT2D eigenvalue weighted by molar-refractivity contribution is 5.79. The number of benzene rings is 1. The number of hydrogen-bond acceptors (Lipinski definition) is 3. The number of ether oxygens (including phenoxy) is 1. The zero-order chi connectivity index (χ0) is 16.8. The molecule has 1 aliphatic rings. The van der Waals surface area contributed by atoms with Gasteiger partial charge in [-0.1, -0.05) is 48.6 Å². The Bertz CT molecular complexity index is 564. The van der Waals surface area contributed by atoms with Crippen molar-refractivity contribution < 1.29 is 14.6 Å². The maximum absolute atomic E-state index is 12.6. The number of allylic oxidation sites excluding steroid dienone is 1. The largest absolute Gasteiger partial charge is 0.465 e. The van der Waals surface area contributed by atoms with Crippen molar-refractivity contribution in [2.75, 3.05) is 6.61 Å². The maximum Gasteiger partial charge on any atom is 0.315 e. The Hall–Kier alpha value is -1.87. The summed E-state index contributed by atoms with van der Waals surface area (Å²) in [6, 6.07) is 9.95. The zero-order valence-electron chi connectivity index (χ0n) is 13.8. The lowest BCUT2D eigenvalue weighted by molar-refractivity contribution is -0.170. The summed E-state index contributed by atoms with van der Waals surface area (Å²) in [7, 11) is 0. The quantitative estimate of drug-likeness (QED) is 0.608. The molecule has 2 atom stereocenters. The van der Waals surface area contributed by atoms with Gasteiger partial charge in [0.25, 0.3) is 0 Å². The van der Waals surface area contributed by atoms with Crippen molar-refractivity contribution in [2.45, 2.75) is 44.6 Å². The fraction of sp³-hybridized carbons (Fsp3) is 0.450. The van der Waals surface area contributed by atoms with E-state index in [0.717, 1.165) is 12.0 Å². The summed E-state index contributed by atoms with van der Waals surface area (Å²) in [5, 5.41) is 11.1. The number of hydrogen-bond donors (Lipinski definition) is 1. The second-order valence-electron chi connectivity index (χ2n) is 6.20. The van der Waals surface area contributed by atoms with Gasteiger partial charge in [0.15, 0.2) is 0 Å². The van der Waals surface area contributed by atoms with Gasteiger partial charge >= 0.3 is 5.97 Å². The molecule has 0 heterocycles. The fourth-order valence-corrected chi connectivity index (χ4v) is 3.59. The van der Waals surface area contributed by atoms with Crippen molar-refractivity contribution in [1.82, 2.24) is 0 Å². The smallest absolute Gasteiger partial charge is 0.315 e. The average molecular weight is 314 g/mol. The lowest BCUT2D eigenvalue weighted by Gasteiger charge is -2.39. The predicted octanol–water partition coefficient (Wildman–Crippen LogP) is 4.13. The number of rotatable bonds is 7. The van der Waals surface area contributed by atoms with Gasteiger partial charge in [-0.15, -0.1) is 6.58 Å². The minimum atomic E-state index is -1.07. The van der Waals surface area contributed by atoms with Gasteiger partial charge in [0.1, 0.15) is 5.41 Å². The standard InChI is InChI=1S/C20H26O3/c1-3-13-20(22)16-9-15-19(20,18(21)23-4-2)14-8-12-17-10-6-5-7-11-17/h3,5-8,10-12,22H,1,4,9,13-16H2,2H3/b12-8+/t19-,20+/m0/s1. The van der Waals surface area contributed by atoms with Crippen molar-refractivity contribution >= 4 is 12.0 Å². The molecule has 3 nitrogen and oxygen atoms in total. The number of aliphatic hydroxyl groups is 1. The van der Waals surface area contributed by atoms with Crippen LogP contribution in [-0.4, -0.2) is 23.3 Å². The molecule has 23 heavy (non-hydrogen) atoms. The third kappa shape index (κ3) is 3.56. The minimum Gasteiger partial charge on any atom is -0.465 e. The highest BCUT2D eigenvalue weighted by Gasteiger charge is 2.58. The molecule has 0 radical (unpaired) electrons. The molecule has 0 saturated heterocycles. The van der Waals surface area contributed by atoms with E-state index in [1.54, 1.807) is 13.0 Å². The van der Waals surface area contributed by atoms with Crippen LogP contribution in [0.5, 0.6) is 0 Å². The molecule has 2 rings (SSSR count). The van der Waals surface area contributed by atoms with Crippen LogP contribution in [0, 0.1) is 5.41 Å². The first-order chi connectivity index (χ1) is 11.1.